The highest BCUT2D eigenvalue weighted by Gasteiger charge is 2.10. The van der Waals surface area contributed by atoms with E-state index in [9.17, 15) is 9.35 Å². The maximum absolute atomic E-state index is 11.9. The van der Waals surface area contributed by atoms with Crippen molar-refractivity contribution in [3.05, 3.63) is 95.1 Å². The van der Waals surface area contributed by atoms with E-state index in [-0.39, 0.29) is 0 Å². The number of ether oxygens (including phenoxy) is 3. The molecule has 4 rings (SSSR count). The Morgan fingerprint density at radius 1 is 1.05 bits per heavy atom. The topological polar surface area (TPSA) is 91.3 Å². The van der Waals surface area contributed by atoms with Crippen LogP contribution in [0.1, 0.15) is 22.3 Å². The van der Waals surface area contributed by atoms with Crippen LogP contribution < -0.4 is 9.47 Å². The van der Waals surface area contributed by atoms with Crippen LogP contribution in [0.15, 0.2) is 77.7 Å². The Kier molecular flexibility index (Phi) is 10.7. The predicted octanol–water partition coefficient (Wildman–Crippen LogP) is 4.39. The molecule has 1 aliphatic rings. The van der Waals surface area contributed by atoms with Gasteiger partial charge in [-0.15, -0.1) is 0 Å². The zero-order valence-electron chi connectivity index (χ0n) is 22.7. The van der Waals surface area contributed by atoms with Crippen LogP contribution >= 0.6 is 0 Å². The molecule has 1 fully saturated rings. The van der Waals surface area contributed by atoms with Gasteiger partial charge in [-0.3, -0.25) is 4.90 Å². The van der Waals surface area contributed by atoms with Gasteiger partial charge in [-0.1, -0.05) is 24.0 Å². The van der Waals surface area contributed by atoms with Crippen molar-refractivity contribution in [3.8, 4) is 23.3 Å². The fourth-order valence-electron chi connectivity index (χ4n) is 4.21. The standard InChI is InChI=1S/C32H33NO6S/c1-24-22-28(11-14-31(24)39-23-32(34)35)38-19-15-30(27-9-12-29(13-10-27)40(2)36)26-7-5-25(6-8-26)4-3-16-33-17-20-37-21-18-33/h5-15,22H,16-21,23H2,1-2H3,(H,34,35)/b30-15+. The zero-order valence-corrected chi connectivity index (χ0v) is 23.5. The molecule has 0 amide bonds. The molecule has 0 spiro atoms. The quantitative estimate of drug-likeness (QED) is 0.291. The first-order chi connectivity index (χ1) is 19.4. The molecule has 0 saturated carbocycles. The lowest BCUT2D eigenvalue weighted by Crippen LogP contribution is -2.36. The summed E-state index contributed by atoms with van der Waals surface area (Å²) in [6, 6.07) is 21.1. The molecule has 1 unspecified atom stereocenters. The van der Waals surface area contributed by atoms with Gasteiger partial charge in [0.1, 0.15) is 24.4 Å². The molecule has 1 atom stereocenters. The highest BCUT2D eigenvalue weighted by Crippen LogP contribution is 2.27. The molecular formula is C32H33NO6S. The summed E-state index contributed by atoms with van der Waals surface area (Å²) in [4.78, 5) is 13.8. The van der Waals surface area contributed by atoms with Gasteiger partial charge in [0.25, 0.3) is 0 Å². The summed E-state index contributed by atoms with van der Waals surface area (Å²) in [5.41, 5.74) is 4.72. The van der Waals surface area contributed by atoms with Crippen molar-refractivity contribution < 1.29 is 28.7 Å². The summed E-state index contributed by atoms with van der Waals surface area (Å²) in [7, 11) is 0. The second-order valence-electron chi connectivity index (χ2n) is 9.28. The summed E-state index contributed by atoms with van der Waals surface area (Å²) in [6.45, 7) is 5.84. The van der Waals surface area contributed by atoms with E-state index in [1.54, 1.807) is 18.4 Å². The molecule has 0 bridgehead atoms. The van der Waals surface area contributed by atoms with Crippen LogP contribution in [0, 0.1) is 18.8 Å². The van der Waals surface area contributed by atoms with Gasteiger partial charge in [-0.25, -0.2) is 4.79 Å². The fraction of sp³-hybridized carbons (Fsp3) is 0.281. The molecule has 0 radical (unpaired) electrons. The van der Waals surface area contributed by atoms with E-state index in [1.165, 1.54) is 0 Å². The van der Waals surface area contributed by atoms with Gasteiger partial charge in [-0.2, -0.15) is 0 Å². The van der Waals surface area contributed by atoms with Crippen LogP contribution in [-0.2, 0) is 20.7 Å². The number of benzene rings is 3. The molecule has 1 heterocycles. The number of nitrogens with zero attached hydrogens (tertiary/aromatic N) is 1. The Morgan fingerprint density at radius 2 is 1.73 bits per heavy atom. The third-order valence-electron chi connectivity index (χ3n) is 6.37. The molecule has 40 heavy (non-hydrogen) atoms. The lowest BCUT2D eigenvalue weighted by molar-refractivity contribution is -0.139. The molecule has 1 aliphatic heterocycles. The Labute approximate surface area is 238 Å². The van der Waals surface area contributed by atoms with Crippen LogP contribution in [0.4, 0.5) is 0 Å². The number of carboxylic acid groups (broad SMARTS) is 1. The predicted molar refractivity (Wildman–Crippen MR) is 156 cm³/mol. The smallest absolute Gasteiger partial charge is 0.341 e. The molecule has 3 aromatic carbocycles. The van der Waals surface area contributed by atoms with Gasteiger partial charge < -0.3 is 23.9 Å². The number of morpholine rings is 1. The van der Waals surface area contributed by atoms with E-state index in [0.29, 0.717) is 18.1 Å². The van der Waals surface area contributed by atoms with Gasteiger partial charge >= 0.3 is 5.97 Å². The molecule has 0 aromatic heterocycles. The van der Waals surface area contributed by atoms with Gasteiger partial charge in [0.15, 0.2) is 11.5 Å². The van der Waals surface area contributed by atoms with Gasteiger partial charge in [0, 0.05) is 18.7 Å². The van der Waals surface area contributed by atoms with E-state index >= 15 is 0 Å². The van der Waals surface area contributed by atoms with Crippen molar-refractivity contribution in [3.63, 3.8) is 0 Å². The fourth-order valence-corrected chi connectivity index (χ4v) is 4.73. The minimum atomic E-state index is -1.06. The minimum absolute atomic E-state index is 0.312. The Bertz CT molecular complexity index is 1370. The zero-order chi connectivity index (χ0) is 28.3. The highest BCUT2D eigenvalue weighted by atomic mass is 32.2. The van der Waals surface area contributed by atoms with E-state index in [4.69, 9.17) is 19.3 Å². The lowest BCUT2D eigenvalue weighted by Gasteiger charge is -2.24. The van der Waals surface area contributed by atoms with Gasteiger partial charge in [-0.05, 0) is 101 Å². The van der Waals surface area contributed by atoms with Crippen molar-refractivity contribution in [2.75, 3.05) is 52.3 Å². The SMILES string of the molecule is Cc1cc(OC/C=C(\c2ccc(C#CCN3CCOCC3)cc2)c2ccc([S+](C)[O-])cc2)ccc1OCC(=O)O. The number of hydrogen-bond donors (Lipinski definition) is 1. The van der Waals surface area contributed by atoms with Crippen LogP contribution in [0.3, 0.4) is 0 Å². The lowest BCUT2D eigenvalue weighted by atomic mass is 9.97. The first-order valence-electron chi connectivity index (χ1n) is 13.0. The van der Waals surface area contributed by atoms with Crippen molar-refractivity contribution >= 4 is 22.7 Å². The second-order valence-corrected chi connectivity index (χ2v) is 10.7. The van der Waals surface area contributed by atoms with E-state index in [0.717, 1.165) is 65.6 Å². The molecule has 1 saturated heterocycles. The average Bonchev–Trinajstić information content (AvgIpc) is 2.96. The maximum atomic E-state index is 11.9. The molecule has 8 heteroatoms. The summed E-state index contributed by atoms with van der Waals surface area (Å²) in [5, 5.41) is 8.84. The summed E-state index contributed by atoms with van der Waals surface area (Å²) >= 11 is -1.06. The second kappa shape index (κ2) is 14.6. The van der Waals surface area contributed by atoms with Gasteiger partial charge in [0.05, 0.1) is 19.8 Å². The average molecular weight is 560 g/mol. The molecule has 208 valence electrons. The maximum Gasteiger partial charge on any atom is 0.341 e. The Balaban J connectivity index is 1.49. The Hall–Kier alpha value is -3.74. The number of carbonyl (C=O) groups is 1. The number of aliphatic carboxylic acids is 1. The van der Waals surface area contributed by atoms with Crippen molar-refractivity contribution in [1.82, 2.24) is 4.90 Å². The monoisotopic (exact) mass is 559 g/mol. The van der Waals surface area contributed by atoms with Gasteiger partial charge in [0.2, 0.25) is 0 Å². The molecule has 7 nitrogen and oxygen atoms in total. The van der Waals surface area contributed by atoms with E-state index < -0.39 is 23.8 Å². The third kappa shape index (κ3) is 8.63. The number of hydrogen-bond acceptors (Lipinski definition) is 6. The highest BCUT2D eigenvalue weighted by molar-refractivity contribution is 7.90. The Morgan fingerprint density at radius 3 is 2.35 bits per heavy atom. The summed E-state index contributed by atoms with van der Waals surface area (Å²) < 4.78 is 28.6. The van der Waals surface area contributed by atoms with Crippen LogP contribution in [-0.4, -0.2) is 72.8 Å². The van der Waals surface area contributed by atoms with Crippen molar-refractivity contribution in [2.24, 2.45) is 0 Å². The van der Waals surface area contributed by atoms with Crippen LogP contribution in [0.25, 0.3) is 5.57 Å². The number of rotatable bonds is 10. The first-order valence-corrected chi connectivity index (χ1v) is 14.6. The van der Waals surface area contributed by atoms with Crippen molar-refractivity contribution in [1.29, 1.82) is 0 Å². The molecular weight excluding hydrogens is 526 g/mol. The first kappa shape index (κ1) is 29.2. The molecule has 1 N–H and O–H groups in total. The summed E-state index contributed by atoms with van der Waals surface area (Å²) in [5.74, 6) is 6.65. The largest absolute Gasteiger partial charge is 0.612 e. The van der Waals surface area contributed by atoms with Crippen LogP contribution in [0.2, 0.25) is 0 Å². The molecule has 0 aliphatic carbocycles. The van der Waals surface area contributed by atoms with E-state index in [1.807, 2.05) is 55.5 Å². The van der Waals surface area contributed by atoms with E-state index in [2.05, 4.69) is 28.9 Å². The van der Waals surface area contributed by atoms with Crippen molar-refractivity contribution in [2.45, 2.75) is 11.8 Å². The third-order valence-corrected chi connectivity index (χ3v) is 7.30. The summed E-state index contributed by atoms with van der Waals surface area (Å²) in [6.07, 6.45) is 3.68. The minimum Gasteiger partial charge on any atom is -0.612 e. The normalized spacial score (nSPS) is 14.6. The molecule has 3 aromatic rings. The van der Waals surface area contributed by atoms with Crippen LogP contribution in [0.5, 0.6) is 11.5 Å². The number of carboxylic acids is 1. The number of aryl methyl sites for hydroxylation is 1.